The number of carbonyl (C=O) groups is 2. The summed E-state index contributed by atoms with van der Waals surface area (Å²) in [6.45, 7) is 7.16. The molecule has 1 aliphatic rings. The molecule has 1 atom stereocenters. The Balaban J connectivity index is 1.52. The summed E-state index contributed by atoms with van der Waals surface area (Å²) in [7, 11) is 0. The second-order valence-electron chi connectivity index (χ2n) is 7.09. The summed E-state index contributed by atoms with van der Waals surface area (Å²) < 4.78 is 24.2. The van der Waals surface area contributed by atoms with Gasteiger partial charge in [-0.3, -0.25) is 9.69 Å². The average molecular weight is 400 g/mol. The fourth-order valence-electron chi connectivity index (χ4n) is 2.96. The number of carbonyl (C=O) groups excluding carboxylic acids is 2. The Morgan fingerprint density at radius 1 is 1.17 bits per heavy atom. The lowest BCUT2D eigenvalue weighted by Gasteiger charge is -2.26. The van der Waals surface area contributed by atoms with E-state index in [1.807, 2.05) is 12.1 Å². The van der Waals surface area contributed by atoms with Crippen molar-refractivity contribution in [3.63, 3.8) is 0 Å². The van der Waals surface area contributed by atoms with Crippen molar-refractivity contribution in [3.05, 3.63) is 65.0 Å². The van der Waals surface area contributed by atoms with Crippen molar-refractivity contribution in [1.29, 1.82) is 0 Å². The normalized spacial score (nSPS) is 15.6. The van der Waals surface area contributed by atoms with Gasteiger partial charge in [-0.2, -0.15) is 0 Å². The number of anilines is 1. The van der Waals surface area contributed by atoms with Gasteiger partial charge in [0.15, 0.2) is 6.10 Å². The molecule has 0 aromatic heterocycles. The van der Waals surface area contributed by atoms with Gasteiger partial charge in [-0.15, -0.1) is 0 Å². The molecule has 1 heterocycles. The third kappa shape index (κ3) is 5.85. The molecule has 29 heavy (non-hydrogen) atoms. The van der Waals surface area contributed by atoms with Crippen molar-refractivity contribution < 1.29 is 23.5 Å². The number of rotatable bonds is 6. The van der Waals surface area contributed by atoms with Crippen LogP contribution in [0.3, 0.4) is 0 Å². The Hall–Kier alpha value is -2.77. The third-order valence-corrected chi connectivity index (χ3v) is 4.79. The molecule has 0 saturated carbocycles. The maximum Gasteiger partial charge on any atom is 0.338 e. The molecule has 2 aromatic carbocycles. The highest BCUT2D eigenvalue weighted by atomic mass is 19.1. The number of hydrogen-bond donors (Lipinski definition) is 1. The fraction of sp³-hybridized carbons (Fsp3) is 0.364. The van der Waals surface area contributed by atoms with Gasteiger partial charge in [0.1, 0.15) is 5.82 Å². The summed E-state index contributed by atoms with van der Waals surface area (Å²) >= 11 is 0. The fourth-order valence-corrected chi connectivity index (χ4v) is 2.96. The van der Waals surface area contributed by atoms with Crippen molar-refractivity contribution >= 4 is 17.6 Å². The minimum atomic E-state index is -1.01. The van der Waals surface area contributed by atoms with Crippen LogP contribution in [0, 0.1) is 12.7 Å². The van der Waals surface area contributed by atoms with Gasteiger partial charge in [-0.25, -0.2) is 9.18 Å². The molecule has 1 saturated heterocycles. The quantitative estimate of drug-likeness (QED) is 0.755. The van der Waals surface area contributed by atoms with Crippen LogP contribution < -0.4 is 5.32 Å². The van der Waals surface area contributed by atoms with Crippen LogP contribution in [0.1, 0.15) is 28.4 Å². The predicted octanol–water partition coefficient (Wildman–Crippen LogP) is 3.15. The minimum absolute atomic E-state index is 0.313. The molecule has 0 aliphatic carbocycles. The molecule has 0 unspecified atom stereocenters. The van der Waals surface area contributed by atoms with E-state index in [0.717, 1.165) is 38.4 Å². The molecule has 0 bridgehead atoms. The Bertz CT molecular complexity index is 864. The summed E-state index contributed by atoms with van der Waals surface area (Å²) in [6.07, 6.45) is -1.01. The standard InChI is InChI=1S/C22H25FN2O4/c1-15-3-8-19(13-20(15)23)24-21(26)16(2)29-22(27)18-6-4-17(5-7-18)14-25-9-11-28-12-10-25/h3-8,13,16H,9-12,14H2,1-2H3,(H,24,26)/t16-/m0/s1. The van der Waals surface area contributed by atoms with Crippen LogP contribution in [0.25, 0.3) is 0 Å². The maximum absolute atomic E-state index is 13.6. The smallest absolute Gasteiger partial charge is 0.338 e. The first-order valence-corrected chi connectivity index (χ1v) is 9.59. The molecule has 2 aromatic rings. The number of aryl methyl sites for hydroxylation is 1. The Labute approximate surface area is 169 Å². The Kier molecular flexibility index (Phi) is 6.95. The highest BCUT2D eigenvalue weighted by molar-refractivity contribution is 5.97. The largest absolute Gasteiger partial charge is 0.449 e. The monoisotopic (exact) mass is 400 g/mol. The van der Waals surface area contributed by atoms with E-state index in [2.05, 4.69) is 10.2 Å². The lowest BCUT2D eigenvalue weighted by Crippen LogP contribution is -2.35. The molecule has 1 fully saturated rings. The number of nitrogens with one attached hydrogen (secondary N) is 1. The lowest BCUT2D eigenvalue weighted by molar-refractivity contribution is -0.123. The first kappa shape index (κ1) is 21.0. The molecular formula is C22H25FN2O4. The number of halogens is 1. The van der Waals surface area contributed by atoms with Gasteiger partial charge in [-0.05, 0) is 49.2 Å². The lowest BCUT2D eigenvalue weighted by atomic mass is 10.1. The highest BCUT2D eigenvalue weighted by Gasteiger charge is 2.19. The third-order valence-electron chi connectivity index (χ3n) is 4.79. The van der Waals surface area contributed by atoms with E-state index in [4.69, 9.17) is 9.47 Å². The van der Waals surface area contributed by atoms with Crippen molar-refractivity contribution in [2.45, 2.75) is 26.5 Å². The summed E-state index contributed by atoms with van der Waals surface area (Å²) in [4.78, 5) is 26.8. The predicted molar refractivity (Wildman–Crippen MR) is 107 cm³/mol. The van der Waals surface area contributed by atoms with Crippen LogP contribution >= 0.6 is 0 Å². The molecule has 1 N–H and O–H groups in total. The first-order chi connectivity index (χ1) is 13.9. The number of nitrogens with zero attached hydrogens (tertiary/aromatic N) is 1. The zero-order valence-electron chi connectivity index (χ0n) is 16.6. The van der Waals surface area contributed by atoms with Crippen molar-refractivity contribution in [1.82, 2.24) is 4.90 Å². The number of amides is 1. The molecule has 0 spiro atoms. The van der Waals surface area contributed by atoms with Gasteiger partial charge in [0.2, 0.25) is 0 Å². The summed E-state index contributed by atoms with van der Waals surface area (Å²) in [5.74, 6) is -1.52. The van der Waals surface area contributed by atoms with Crippen LogP contribution in [-0.2, 0) is 20.8 Å². The van der Waals surface area contributed by atoms with E-state index in [0.29, 0.717) is 16.8 Å². The molecular weight excluding hydrogens is 375 g/mol. The minimum Gasteiger partial charge on any atom is -0.449 e. The van der Waals surface area contributed by atoms with Crippen molar-refractivity contribution in [3.8, 4) is 0 Å². The molecule has 6 nitrogen and oxygen atoms in total. The molecule has 7 heteroatoms. The van der Waals surface area contributed by atoms with Gasteiger partial charge < -0.3 is 14.8 Å². The summed E-state index contributed by atoms with van der Waals surface area (Å²) in [6, 6.07) is 11.5. The van der Waals surface area contributed by atoms with Crippen molar-refractivity contribution in [2.75, 3.05) is 31.6 Å². The SMILES string of the molecule is Cc1ccc(NC(=O)[C@H](C)OC(=O)c2ccc(CN3CCOCC3)cc2)cc1F. The number of benzene rings is 2. The average Bonchev–Trinajstić information content (AvgIpc) is 2.72. The van der Waals surface area contributed by atoms with Crippen LogP contribution in [0.15, 0.2) is 42.5 Å². The zero-order chi connectivity index (χ0) is 20.8. The summed E-state index contributed by atoms with van der Waals surface area (Å²) in [5.41, 5.74) is 2.26. The topological polar surface area (TPSA) is 67.9 Å². The summed E-state index contributed by atoms with van der Waals surface area (Å²) in [5, 5.41) is 2.55. The van der Waals surface area contributed by atoms with Crippen LogP contribution in [0.5, 0.6) is 0 Å². The molecule has 0 radical (unpaired) electrons. The van der Waals surface area contributed by atoms with E-state index >= 15 is 0 Å². The Morgan fingerprint density at radius 2 is 1.86 bits per heavy atom. The number of ether oxygens (including phenoxy) is 2. The zero-order valence-corrected chi connectivity index (χ0v) is 16.6. The van der Waals surface area contributed by atoms with E-state index in [9.17, 15) is 14.0 Å². The highest BCUT2D eigenvalue weighted by Crippen LogP contribution is 2.15. The van der Waals surface area contributed by atoms with E-state index in [1.54, 1.807) is 31.2 Å². The van der Waals surface area contributed by atoms with E-state index < -0.39 is 23.8 Å². The van der Waals surface area contributed by atoms with E-state index in [1.165, 1.54) is 13.0 Å². The second kappa shape index (κ2) is 9.62. The van der Waals surface area contributed by atoms with Crippen LogP contribution in [-0.4, -0.2) is 49.2 Å². The van der Waals surface area contributed by atoms with Crippen molar-refractivity contribution in [2.24, 2.45) is 0 Å². The second-order valence-corrected chi connectivity index (χ2v) is 7.09. The van der Waals surface area contributed by atoms with Crippen LogP contribution in [0.2, 0.25) is 0 Å². The van der Waals surface area contributed by atoms with Gasteiger partial charge in [-0.1, -0.05) is 18.2 Å². The maximum atomic E-state index is 13.6. The van der Waals surface area contributed by atoms with Gasteiger partial charge in [0.25, 0.3) is 5.91 Å². The number of morpholine rings is 1. The molecule has 3 rings (SSSR count). The van der Waals surface area contributed by atoms with E-state index in [-0.39, 0.29) is 0 Å². The van der Waals surface area contributed by atoms with Gasteiger partial charge >= 0.3 is 5.97 Å². The molecule has 154 valence electrons. The first-order valence-electron chi connectivity index (χ1n) is 9.59. The Morgan fingerprint density at radius 3 is 2.52 bits per heavy atom. The number of esters is 1. The number of hydrogen-bond acceptors (Lipinski definition) is 5. The van der Waals surface area contributed by atoms with Gasteiger partial charge in [0, 0.05) is 25.3 Å². The molecule has 1 amide bonds. The van der Waals surface area contributed by atoms with Gasteiger partial charge in [0.05, 0.1) is 18.8 Å². The molecule has 1 aliphatic heterocycles. The van der Waals surface area contributed by atoms with Crippen LogP contribution in [0.4, 0.5) is 10.1 Å².